The number of halogens is 2. The molecule has 0 radical (unpaired) electrons. The molecule has 0 amide bonds. The van der Waals surface area contributed by atoms with Gasteiger partial charge in [0.2, 0.25) is 0 Å². The zero-order valence-corrected chi connectivity index (χ0v) is 12.5. The molecular weight excluding hydrogens is 341 g/mol. The average Bonchev–Trinajstić information content (AvgIpc) is 2.63. The van der Waals surface area contributed by atoms with Crippen LogP contribution in [0.4, 0.5) is 10.1 Å². The normalized spacial score (nSPS) is 11.5. The molecule has 0 aliphatic carbocycles. The van der Waals surface area contributed by atoms with E-state index in [1.54, 1.807) is 6.07 Å². The molecule has 0 saturated heterocycles. The zero-order chi connectivity index (χ0) is 13.3. The second kappa shape index (κ2) is 4.99. The first-order chi connectivity index (χ1) is 8.38. The van der Waals surface area contributed by atoms with Gasteiger partial charge in [0, 0.05) is 5.69 Å². The lowest BCUT2D eigenvalue weighted by Gasteiger charge is -2.05. The number of anilines is 1. The van der Waals surface area contributed by atoms with Crippen LogP contribution in [-0.2, 0) is 10.0 Å². The van der Waals surface area contributed by atoms with Gasteiger partial charge in [-0.2, -0.15) is 0 Å². The number of nitrogens with one attached hydrogen (secondary N) is 1. The monoisotopic (exact) mass is 349 g/mol. The number of hydrogen-bond acceptors (Lipinski definition) is 3. The lowest BCUT2D eigenvalue weighted by Crippen LogP contribution is -2.11. The third-order valence-electron chi connectivity index (χ3n) is 2.20. The van der Waals surface area contributed by atoms with Gasteiger partial charge in [-0.15, -0.1) is 11.3 Å². The van der Waals surface area contributed by atoms with E-state index in [1.165, 1.54) is 24.3 Å². The van der Waals surface area contributed by atoms with Crippen LogP contribution in [0.5, 0.6) is 0 Å². The fourth-order valence-electron chi connectivity index (χ4n) is 1.29. The molecule has 0 spiro atoms. The molecule has 3 nitrogen and oxygen atoms in total. The predicted molar refractivity (Wildman–Crippen MR) is 74.0 cm³/mol. The van der Waals surface area contributed by atoms with Crippen molar-refractivity contribution in [3.8, 4) is 0 Å². The van der Waals surface area contributed by atoms with Crippen molar-refractivity contribution in [3.05, 3.63) is 45.5 Å². The van der Waals surface area contributed by atoms with Crippen molar-refractivity contribution in [1.82, 2.24) is 0 Å². The molecule has 1 aromatic heterocycles. The Morgan fingerprint density at radius 3 is 2.39 bits per heavy atom. The second-order valence-corrected chi connectivity index (χ2v) is 7.91. The summed E-state index contributed by atoms with van der Waals surface area (Å²) < 4.78 is 40.2. The molecule has 96 valence electrons. The van der Waals surface area contributed by atoms with Gasteiger partial charge in [0.15, 0.2) is 0 Å². The van der Waals surface area contributed by atoms with Crippen molar-refractivity contribution >= 4 is 43.0 Å². The van der Waals surface area contributed by atoms with Crippen LogP contribution in [0.2, 0.25) is 0 Å². The highest BCUT2D eigenvalue weighted by Crippen LogP contribution is 2.31. The molecule has 0 bridgehead atoms. The summed E-state index contributed by atoms with van der Waals surface area (Å²) in [5.74, 6) is -0.410. The lowest BCUT2D eigenvalue weighted by molar-refractivity contribution is 0.603. The molecule has 1 N–H and O–H groups in total. The Morgan fingerprint density at radius 2 is 1.89 bits per heavy atom. The summed E-state index contributed by atoms with van der Waals surface area (Å²) in [5.41, 5.74) is 1.19. The van der Waals surface area contributed by atoms with Crippen LogP contribution in [0, 0.1) is 12.7 Å². The van der Waals surface area contributed by atoms with E-state index in [9.17, 15) is 12.8 Å². The first kappa shape index (κ1) is 13.5. The summed E-state index contributed by atoms with van der Waals surface area (Å²) in [4.78, 5) is 0. The highest BCUT2D eigenvalue weighted by molar-refractivity contribution is 9.11. The second-order valence-electron chi connectivity index (χ2n) is 3.63. The molecule has 0 fully saturated rings. The van der Waals surface area contributed by atoms with E-state index in [0.717, 1.165) is 20.7 Å². The quantitative estimate of drug-likeness (QED) is 0.916. The molecule has 0 atom stereocenters. The Balaban J connectivity index is 2.29. The predicted octanol–water partition coefficient (Wildman–Crippen LogP) is 3.76. The number of thiophene rings is 1. The summed E-state index contributed by atoms with van der Waals surface area (Å²) >= 11 is 4.42. The van der Waals surface area contributed by atoms with E-state index in [4.69, 9.17) is 0 Å². The van der Waals surface area contributed by atoms with E-state index in [1.807, 2.05) is 6.92 Å². The molecule has 1 heterocycles. The van der Waals surface area contributed by atoms with Crippen molar-refractivity contribution in [3.63, 3.8) is 0 Å². The number of hydrogen-bond donors (Lipinski definition) is 1. The Hall–Kier alpha value is -0.920. The number of benzene rings is 1. The molecule has 0 saturated carbocycles. The van der Waals surface area contributed by atoms with Gasteiger partial charge < -0.3 is 0 Å². The fraction of sp³-hybridized carbons (Fsp3) is 0.0909. The van der Waals surface area contributed by atoms with E-state index >= 15 is 0 Å². The van der Waals surface area contributed by atoms with Gasteiger partial charge >= 0.3 is 0 Å². The van der Waals surface area contributed by atoms with E-state index in [0.29, 0.717) is 5.69 Å². The molecule has 1 aromatic carbocycles. The maximum absolute atomic E-state index is 12.7. The molecule has 18 heavy (non-hydrogen) atoms. The van der Waals surface area contributed by atoms with Crippen molar-refractivity contribution in [2.24, 2.45) is 0 Å². The molecule has 0 aliphatic rings. The minimum absolute atomic E-state index is 0.219. The summed E-state index contributed by atoms with van der Waals surface area (Å²) in [5, 5.41) is 0. The van der Waals surface area contributed by atoms with Crippen LogP contribution in [0.1, 0.15) is 5.56 Å². The number of aryl methyl sites for hydroxylation is 1. The van der Waals surface area contributed by atoms with Crippen molar-refractivity contribution in [2.45, 2.75) is 11.1 Å². The van der Waals surface area contributed by atoms with Crippen LogP contribution < -0.4 is 4.72 Å². The van der Waals surface area contributed by atoms with E-state index < -0.39 is 15.8 Å². The van der Waals surface area contributed by atoms with Crippen LogP contribution in [-0.4, -0.2) is 8.42 Å². The third kappa shape index (κ3) is 2.90. The standard InChI is InChI=1S/C11H9BrFNO2S2/c1-7-6-10(17-11(7)12)18(15,16)14-9-4-2-8(13)3-5-9/h2-6,14H,1H3. The molecule has 7 heteroatoms. The van der Waals surface area contributed by atoms with Crippen LogP contribution in [0.15, 0.2) is 38.3 Å². The van der Waals surface area contributed by atoms with Crippen molar-refractivity contribution in [1.29, 1.82) is 0 Å². The Labute approximate surface area is 117 Å². The first-order valence-electron chi connectivity index (χ1n) is 4.93. The summed E-state index contributed by atoms with van der Waals surface area (Å²) in [6.45, 7) is 1.82. The summed E-state index contributed by atoms with van der Waals surface area (Å²) in [7, 11) is -3.61. The van der Waals surface area contributed by atoms with Gasteiger partial charge in [-0.25, -0.2) is 12.8 Å². The van der Waals surface area contributed by atoms with Gasteiger partial charge in [-0.1, -0.05) is 0 Å². The summed E-state index contributed by atoms with van der Waals surface area (Å²) in [6.07, 6.45) is 0. The molecular formula is C11H9BrFNO2S2. The van der Waals surface area contributed by atoms with Crippen molar-refractivity contribution < 1.29 is 12.8 Å². The van der Waals surface area contributed by atoms with Gasteiger partial charge in [0.05, 0.1) is 3.79 Å². The average molecular weight is 350 g/mol. The van der Waals surface area contributed by atoms with Crippen LogP contribution in [0.25, 0.3) is 0 Å². The number of sulfonamides is 1. The zero-order valence-electron chi connectivity index (χ0n) is 9.28. The van der Waals surface area contributed by atoms with Crippen LogP contribution >= 0.6 is 27.3 Å². The van der Waals surface area contributed by atoms with E-state index in [2.05, 4.69) is 20.7 Å². The summed E-state index contributed by atoms with van der Waals surface area (Å²) in [6, 6.07) is 6.74. The SMILES string of the molecule is Cc1cc(S(=O)(=O)Nc2ccc(F)cc2)sc1Br. The third-order valence-corrected chi connectivity index (χ3v) is 6.19. The Bertz CT molecular complexity index is 645. The topological polar surface area (TPSA) is 46.2 Å². The van der Waals surface area contributed by atoms with E-state index in [-0.39, 0.29) is 4.21 Å². The van der Waals surface area contributed by atoms with Gasteiger partial charge in [-0.3, -0.25) is 4.72 Å². The molecule has 0 aliphatic heterocycles. The Morgan fingerprint density at radius 1 is 1.28 bits per heavy atom. The molecule has 2 rings (SSSR count). The first-order valence-corrected chi connectivity index (χ1v) is 8.02. The maximum atomic E-state index is 12.7. The Kier molecular flexibility index (Phi) is 3.74. The maximum Gasteiger partial charge on any atom is 0.271 e. The van der Waals surface area contributed by atoms with Crippen LogP contribution in [0.3, 0.4) is 0 Å². The van der Waals surface area contributed by atoms with Gasteiger partial charge in [0.1, 0.15) is 10.0 Å². The van der Waals surface area contributed by atoms with Gasteiger partial charge in [-0.05, 0) is 58.7 Å². The van der Waals surface area contributed by atoms with Crippen molar-refractivity contribution in [2.75, 3.05) is 4.72 Å². The lowest BCUT2D eigenvalue weighted by atomic mass is 10.3. The molecule has 2 aromatic rings. The largest absolute Gasteiger partial charge is 0.279 e. The highest BCUT2D eigenvalue weighted by atomic mass is 79.9. The minimum atomic E-state index is -3.61. The minimum Gasteiger partial charge on any atom is -0.279 e. The highest BCUT2D eigenvalue weighted by Gasteiger charge is 2.18. The van der Waals surface area contributed by atoms with Gasteiger partial charge in [0.25, 0.3) is 10.0 Å². The fourth-order valence-corrected chi connectivity index (χ4v) is 4.57. The smallest absolute Gasteiger partial charge is 0.271 e. The number of rotatable bonds is 3. The molecule has 0 unspecified atom stereocenters.